The molecule has 1 N–H and O–H groups in total. The van der Waals surface area contributed by atoms with Crippen LogP contribution in [0.2, 0.25) is 0 Å². The Morgan fingerprint density at radius 3 is 2.78 bits per heavy atom. The standard InChI is InChI=1S/C20H28N4O2S/c1-3-24-19(16-11-7-8-12-17(16)26-2)22-23-20(24)27-14-18(25)21-13-15-9-5-4-6-10-15/h7-8,11-12,15H,3-6,9-10,13-14H2,1-2H3,(H,21,25). The number of thioether (sulfide) groups is 1. The summed E-state index contributed by atoms with van der Waals surface area (Å²) in [5.41, 5.74) is 0.906. The van der Waals surface area contributed by atoms with E-state index in [0.717, 1.165) is 35.4 Å². The summed E-state index contributed by atoms with van der Waals surface area (Å²) < 4.78 is 7.47. The third-order valence-corrected chi connectivity index (χ3v) is 5.99. The van der Waals surface area contributed by atoms with Gasteiger partial charge in [-0.15, -0.1) is 10.2 Å². The highest BCUT2D eigenvalue weighted by Gasteiger charge is 2.18. The van der Waals surface area contributed by atoms with E-state index in [1.807, 2.05) is 28.8 Å². The average Bonchev–Trinajstić information content (AvgIpc) is 3.14. The van der Waals surface area contributed by atoms with Gasteiger partial charge in [0.2, 0.25) is 5.91 Å². The Kier molecular flexibility index (Phi) is 7.15. The van der Waals surface area contributed by atoms with E-state index in [9.17, 15) is 4.79 Å². The molecule has 0 unspecified atom stereocenters. The molecular formula is C20H28N4O2S. The van der Waals surface area contributed by atoms with Crippen LogP contribution in [0.25, 0.3) is 11.4 Å². The van der Waals surface area contributed by atoms with Crippen molar-refractivity contribution in [2.45, 2.75) is 50.7 Å². The highest BCUT2D eigenvalue weighted by Crippen LogP contribution is 2.30. The zero-order chi connectivity index (χ0) is 19.1. The van der Waals surface area contributed by atoms with Crippen molar-refractivity contribution in [2.24, 2.45) is 5.92 Å². The van der Waals surface area contributed by atoms with Crippen LogP contribution in [0, 0.1) is 5.92 Å². The lowest BCUT2D eigenvalue weighted by Gasteiger charge is -2.21. The Morgan fingerprint density at radius 1 is 1.26 bits per heavy atom. The largest absolute Gasteiger partial charge is 0.496 e. The molecule has 1 heterocycles. The molecule has 0 radical (unpaired) electrons. The third-order valence-electron chi connectivity index (χ3n) is 5.03. The van der Waals surface area contributed by atoms with E-state index in [4.69, 9.17) is 4.74 Å². The predicted molar refractivity (Wildman–Crippen MR) is 108 cm³/mol. The number of nitrogens with one attached hydrogen (secondary N) is 1. The first-order chi connectivity index (χ1) is 13.2. The lowest BCUT2D eigenvalue weighted by atomic mass is 9.89. The lowest BCUT2D eigenvalue weighted by Crippen LogP contribution is -2.31. The number of nitrogens with zero attached hydrogens (tertiary/aromatic N) is 3. The fourth-order valence-electron chi connectivity index (χ4n) is 3.54. The Morgan fingerprint density at radius 2 is 2.04 bits per heavy atom. The van der Waals surface area contributed by atoms with E-state index < -0.39 is 0 Å². The van der Waals surface area contributed by atoms with Gasteiger partial charge < -0.3 is 14.6 Å². The summed E-state index contributed by atoms with van der Waals surface area (Å²) in [7, 11) is 1.65. The van der Waals surface area contributed by atoms with E-state index in [0.29, 0.717) is 11.7 Å². The number of rotatable bonds is 8. The molecule has 0 spiro atoms. The first-order valence-corrected chi connectivity index (χ1v) is 10.7. The van der Waals surface area contributed by atoms with Gasteiger partial charge in [0, 0.05) is 13.1 Å². The second-order valence-corrected chi connectivity index (χ2v) is 7.79. The topological polar surface area (TPSA) is 69.0 Å². The van der Waals surface area contributed by atoms with Gasteiger partial charge in [-0.1, -0.05) is 43.2 Å². The molecule has 1 fully saturated rings. The van der Waals surface area contributed by atoms with Crippen LogP contribution < -0.4 is 10.1 Å². The molecule has 27 heavy (non-hydrogen) atoms. The molecule has 2 aromatic rings. The molecule has 1 amide bonds. The maximum absolute atomic E-state index is 12.2. The van der Waals surface area contributed by atoms with Gasteiger partial charge in [0.15, 0.2) is 11.0 Å². The number of methoxy groups -OCH3 is 1. The van der Waals surface area contributed by atoms with Gasteiger partial charge in [0.05, 0.1) is 18.4 Å². The summed E-state index contributed by atoms with van der Waals surface area (Å²) in [4.78, 5) is 12.2. The number of benzene rings is 1. The molecular weight excluding hydrogens is 360 g/mol. The lowest BCUT2D eigenvalue weighted by molar-refractivity contribution is -0.118. The predicted octanol–water partition coefficient (Wildman–Crippen LogP) is 3.76. The van der Waals surface area contributed by atoms with Crippen molar-refractivity contribution in [3.8, 4) is 17.1 Å². The van der Waals surface area contributed by atoms with Crippen LogP contribution in [0.1, 0.15) is 39.0 Å². The smallest absolute Gasteiger partial charge is 0.230 e. The first-order valence-electron chi connectivity index (χ1n) is 9.69. The molecule has 0 atom stereocenters. The van der Waals surface area contributed by atoms with Crippen molar-refractivity contribution < 1.29 is 9.53 Å². The number of para-hydroxylation sites is 1. The molecule has 0 aliphatic heterocycles. The van der Waals surface area contributed by atoms with E-state index >= 15 is 0 Å². The van der Waals surface area contributed by atoms with Gasteiger partial charge in [-0.05, 0) is 37.8 Å². The van der Waals surface area contributed by atoms with Gasteiger partial charge in [-0.3, -0.25) is 4.79 Å². The Bertz CT molecular complexity index is 756. The number of carbonyl (C=O) groups excluding carboxylic acids is 1. The molecule has 3 rings (SSSR count). The first kappa shape index (κ1) is 19.7. The van der Waals surface area contributed by atoms with Crippen molar-refractivity contribution in [3.63, 3.8) is 0 Å². The fraction of sp³-hybridized carbons (Fsp3) is 0.550. The zero-order valence-electron chi connectivity index (χ0n) is 16.1. The quantitative estimate of drug-likeness (QED) is 0.697. The summed E-state index contributed by atoms with van der Waals surface area (Å²) in [6.45, 7) is 3.58. The number of hydrogen-bond acceptors (Lipinski definition) is 5. The number of amides is 1. The minimum atomic E-state index is 0.0649. The average molecular weight is 389 g/mol. The molecule has 7 heteroatoms. The van der Waals surface area contributed by atoms with E-state index in [2.05, 4.69) is 22.4 Å². The van der Waals surface area contributed by atoms with Crippen LogP contribution >= 0.6 is 11.8 Å². The molecule has 1 aromatic heterocycles. The molecule has 1 aliphatic carbocycles. The van der Waals surface area contributed by atoms with Crippen LogP contribution in [0.15, 0.2) is 29.4 Å². The molecule has 1 aromatic carbocycles. The van der Waals surface area contributed by atoms with Crippen molar-refractivity contribution in [3.05, 3.63) is 24.3 Å². The van der Waals surface area contributed by atoms with E-state index in [1.165, 1.54) is 43.9 Å². The number of carbonyl (C=O) groups is 1. The molecule has 0 saturated heterocycles. The van der Waals surface area contributed by atoms with Crippen LogP contribution in [0.3, 0.4) is 0 Å². The molecule has 6 nitrogen and oxygen atoms in total. The summed E-state index contributed by atoms with van der Waals surface area (Å²) in [6, 6.07) is 7.77. The number of hydrogen-bond donors (Lipinski definition) is 1. The minimum Gasteiger partial charge on any atom is -0.496 e. The van der Waals surface area contributed by atoms with Gasteiger partial charge in [-0.2, -0.15) is 0 Å². The maximum Gasteiger partial charge on any atom is 0.230 e. The minimum absolute atomic E-state index is 0.0649. The highest BCUT2D eigenvalue weighted by atomic mass is 32.2. The van der Waals surface area contributed by atoms with Crippen LogP contribution in [0.5, 0.6) is 5.75 Å². The van der Waals surface area contributed by atoms with Gasteiger partial charge in [0.25, 0.3) is 0 Å². The normalized spacial score (nSPS) is 14.9. The van der Waals surface area contributed by atoms with Crippen molar-refractivity contribution in [1.82, 2.24) is 20.1 Å². The highest BCUT2D eigenvalue weighted by molar-refractivity contribution is 7.99. The second kappa shape index (κ2) is 9.78. The SMILES string of the molecule is CCn1c(SCC(=O)NCC2CCCCC2)nnc1-c1ccccc1OC. The molecule has 1 saturated carbocycles. The van der Waals surface area contributed by atoms with E-state index in [-0.39, 0.29) is 5.91 Å². The summed E-state index contributed by atoms with van der Waals surface area (Å²) in [5.74, 6) is 2.59. The van der Waals surface area contributed by atoms with Crippen LogP contribution in [-0.2, 0) is 11.3 Å². The van der Waals surface area contributed by atoms with Crippen molar-refractivity contribution in [1.29, 1.82) is 0 Å². The van der Waals surface area contributed by atoms with Crippen molar-refractivity contribution in [2.75, 3.05) is 19.4 Å². The third kappa shape index (κ3) is 5.03. The monoisotopic (exact) mass is 388 g/mol. The summed E-state index contributed by atoms with van der Waals surface area (Å²) >= 11 is 1.43. The number of aromatic nitrogens is 3. The summed E-state index contributed by atoms with van der Waals surface area (Å²) in [5, 5.41) is 12.5. The van der Waals surface area contributed by atoms with Crippen LogP contribution in [0.4, 0.5) is 0 Å². The van der Waals surface area contributed by atoms with Gasteiger partial charge in [0.1, 0.15) is 5.75 Å². The Hall–Kier alpha value is -2.02. The molecule has 146 valence electrons. The fourth-order valence-corrected chi connectivity index (χ4v) is 4.37. The van der Waals surface area contributed by atoms with E-state index in [1.54, 1.807) is 7.11 Å². The Balaban J connectivity index is 1.60. The number of ether oxygens (including phenoxy) is 1. The Labute approximate surface area is 165 Å². The maximum atomic E-state index is 12.2. The van der Waals surface area contributed by atoms with Crippen LogP contribution in [-0.4, -0.2) is 40.1 Å². The van der Waals surface area contributed by atoms with Gasteiger partial charge in [-0.25, -0.2) is 0 Å². The zero-order valence-corrected chi connectivity index (χ0v) is 16.9. The van der Waals surface area contributed by atoms with Gasteiger partial charge >= 0.3 is 0 Å². The molecule has 0 bridgehead atoms. The summed E-state index contributed by atoms with van der Waals surface area (Å²) in [6.07, 6.45) is 6.39. The van der Waals surface area contributed by atoms with Crippen molar-refractivity contribution >= 4 is 17.7 Å². The molecule has 1 aliphatic rings. The second-order valence-electron chi connectivity index (χ2n) is 6.85.